The zero-order chi connectivity index (χ0) is 28.6. The molecule has 41 heavy (non-hydrogen) atoms. The molecule has 1 saturated heterocycles. The number of aliphatic carboxylic acids is 1. The number of hydrogen-bond donors (Lipinski definition) is 1. The lowest BCUT2D eigenvalue weighted by Crippen LogP contribution is -2.29. The van der Waals surface area contributed by atoms with E-state index >= 15 is 0 Å². The second-order valence-electron chi connectivity index (χ2n) is 10.2. The molecule has 0 bridgehead atoms. The molecule has 212 valence electrons. The van der Waals surface area contributed by atoms with E-state index in [1.165, 1.54) is 11.8 Å². The van der Waals surface area contributed by atoms with Gasteiger partial charge in [-0.25, -0.2) is 4.68 Å². The fraction of sp³-hybridized carbons (Fsp3) is 0.312. The number of aromatic nitrogens is 2. The molecule has 0 spiro atoms. The highest BCUT2D eigenvalue weighted by Crippen LogP contribution is 2.36. The van der Waals surface area contributed by atoms with E-state index in [0.717, 1.165) is 73.6 Å². The Morgan fingerprint density at radius 1 is 0.951 bits per heavy atom. The van der Waals surface area contributed by atoms with Crippen LogP contribution in [0.4, 0.5) is 0 Å². The van der Waals surface area contributed by atoms with Crippen molar-refractivity contribution in [2.75, 3.05) is 6.54 Å². The number of carboxylic acids is 1. The molecule has 1 N–H and O–H groups in total. The summed E-state index contributed by atoms with van der Waals surface area (Å²) in [6, 6.07) is 19.7. The molecule has 1 amide bonds. The summed E-state index contributed by atoms with van der Waals surface area (Å²) < 4.78 is 8.53. The number of carbonyl (C=O) groups excluding carboxylic acids is 1. The number of unbranched alkanes of at least 4 members (excludes halogenated alkanes) is 7. The van der Waals surface area contributed by atoms with Crippen LogP contribution in [0.2, 0.25) is 0 Å². The number of thioether (sulfide) groups is 1. The van der Waals surface area contributed by atoms with Gasteiger partial charge in [0.05, 0.1) is 10.6 Å². The SMILES string of the molecule is O=C(O)CCCCCCCCCCN1C(=O)/C(=C/c2cn(-c3ccccc3)nc2-c2cc3ccccc3o2)SC1=S. The van der Waals surface area contributed by atoms with Gasteiger partial charge in [-0.3, -0.25) is 14.5 Å². The highest BCUT2D eigenvalue weighted by atomic mass is 32.2. The minimum Gasteiger partial charge on any atom is -0.481 e. The summed E-state index contributed by atoms with van der Waals surface area (Å²) in [5, 5.41) is 14.5. The fourth-order valence-corrected chi connectivity index (χ4v) is 6.24. The molecule has 7 nitrogen and oxygen atoms in total. The Hall–Kier alpha value is -3.69. The maximum atomic E-state index is 13.4. The summed E-state index contributed by atoms with van der Waals surface area (Å²) in [4.78, 5) is 26.2. The first-order chi connectivity index (χ1) is 20.0. The number of carbonyl (C=O) groups is 2. The number of carboxylic acid groups (broad SMARTS) is 1. The van der Waals surface area contributed by atoms with Gasteiger partial charge in [0.2, 0.25) is 0 Å². The highest BCUT2D eigenvalue weighted by Gasteiger charge is 2.32. The van der Waals surface area contributed by atoms with Crippen molar-refractivity contribution in [1.82, 2.24) is 14.7 Å². The summed E-state index contributed by atoms with van der Waals surface area (Å²) in [7, 11) is 0. The average Bonchev–Trinajstić information content (AvgIpc) is 3.66. The van der Waals surface area contributed by atoms with Crippen LogP contribution in [0.25, 0.3) is 34.2 Å². The van der Waals surface area contributed by atoms with E-state index in [9.17, 15) is 9.59 Å². The molecule has 2 aromatic carbocycles. The zero-order valence-corrected chi connectivity index (χ0v) is 24.5. The number of nitrogens with zero attached hydrogens (tertiary/aromatic N) is 3. The van der Waals surface area contributed by atoms with Gasteiger partial charge in [0.15, 0.2) is 5.76 Å². The van der Waals surface area contributed by atoms with Crippen molar-refractivity contribution >= 4 is 57.2 Å². The summed E-state index contributed by atoms with van der Waals surface area (Å²) in [5.41, 5.74) is 3.15. The Balaban J connectivity index is 1.24. The van der Waals surface area contributed by atoms with Crippen molar-refractivity contribution < 1.29 is 19.1 Å². The number of fused-ring (bicyclic) bond motifs is 1. The standard InChI is InChI=1S/C32H33N3O4S2/c36-29(37)18-10-5-3-1-2-4-6-13-19-34-31(38)28(41-32(34)40)21-24-22-35(25-15-8-7-9-16-25)33-30(24)27-20-23-14-11-12-17-26(23)39-27/h7-9,11-12,14-17,20-22H,1-6,10,13,18-19H2,(H,36,37)/b28-21-. The molecular formula is C32H33N3O4S2. The molecule has 4 aromatic rings. The molecule has 0 aliphatic carbocycles. The first kappa shape index (κ1) is 28.8. The van der Waals surface area contributed by atoms with Gasteiger partial charge >= 0.3 is 5.97 Å². The van der Waals surface area contributed by atoms with Crippen molar-refractivity contribution in [2.45, 2.75) is 57.8 Å². The van der Waals surface area contributed by atoms with Crippen molar-refractivity contribution in [3.63, 3.8) is 0 Å². The molecule has 5 rings (SSSR count). The van der Waals surface area contributed by atoms with Crippen LogP contribution in [0.1, 0.15) is 63.4 Å². The van der Waals surface area contributed by atoms with Crippen LogP contribution in [0.5, 0.6) is 0 Å². The number of furan rings is 1. The Bertz CT molecular complexity index is 1520. The number of para-hydroxylation sites is 2. The first-order valence-corrected chi connectivity index (χ1v) is 15.3. The van der Waals surface area contributed by atoms with Gasteiger partial charge in [-0.1, -0.05) is 98.9 Å². The normalized spacial score (nSPS) is 14.5. The Kier molecular flexibility index (Phi) is 9.69. The van der Waals surface area contributed by atoms with Gasteiger partial charge in [0.1, 0.15) is 15.6 Å². The van der Waals surface area contributed by atoms with E-state index in [4.69, 9.17) is 26.8 Å². The Morgan fingerprint density at radius 3 is 2.37 bits per heavy atom. The quantitative estimate of drug-likeness (QED) is 0.0906. The van der Waals surface area contributed by atoms with Gasteiger partial charge < -0.3 is 9.52 Å². The van der Waals surface area contributed by atoms with Gasteiger partial charge in [-0.2, -0.15) is 5.10 Å². The largest absolute Gasteiger partial charge is 0.481 e. The molecule has 0 saturated carbocycles. The van der Waals surface area contributed by atoms with Crippen LogP contribution in [0.3, 0.4) is 0 Å². The smallest absolute Gasteiger partial charge is 0.303 e. The number of benzene rings is 2. The lowest BCUT2D eigenvalue weighted by atomic mass is 10.1. The van der Waals surface area contributed by atoms with Gasteiger partial charge in [-0.05, 0) is 43.2 Å². The predicted octanol–water partition coefficient (Wildman–Crippen LogP) is 8.08. The van der Waals surface area contributed by atoms with Crippen LogP contribution >= 0.6 is 24.0 Å². The fourth-order valence-electron chi connectivity index (χ4n) is 4.94. The molecule has 2 aromatic heterocycles. The molecular weight excluding hydrogens is 555 g/mol. The number of amides is 1. The maximum absolute atomic E-state index is 13.4. The molecule has 1 aliphatic rings. The third kappa shape index (κ3) is 7.34. The van der Waals surface area contributed by atoms with Crippen LogP contribution < -0.4 is 0 Å². The molecule has 1 fully saturated rings. The summed E-state index contributed by atoms with van der Waals surface area (Å²) in [5.74, 6) is -0.143. The van der Waals surface area contributed by atoms with E-state index in [2.05, 4.69) is 0 Å². The lowest BCUT2D eigenvalue weighted by molar-refractivity contribution is -0.137. The zero-order valence-electron chi connectivity index (χ0n) is 22.8. The minimum atomic E-state index is -0.718. The summed E-state index contributed by atoms with van der Waals surface area (Å²) >= 11 is 6.92. The van der Waals surface area contributed by atoms with E-state index in [1.807, 2.05) is 72.9 Å². The molecule has 0 radical (unpaired) electrons. The molecule has 0 unspecified atom stereocenters. The lowest BCUT2D eigenvalue weighted by Gasteiger charge is -2.14. The van der Waals surface area contributed by atoms with E-state index in [-0.39, 0.29) is 12.3 Å². The average molecular weight is 588 g/mol. The Labute approximate surface area is 249 Å². The second-order valence-corrected chi connectivity index (χ2v) is 11.8. The van der Waals surface area contributed by atoms with Crippen molar-refractivity contribution in [1.29, 1.82) is 0 Å². The second kappa shape index (κ2) is 13.8. The number of rotatable bonds is 14. The van der Waals surface area contributed by atoms with Crippen molar-refractivity contribution in [3.05, 3.63) is 77.3 Å². The van der Waals surface area contributed by atoms with Crippen molar-refractivity contribution in [2.24, 2.45) is 0 Å². The Morgan fingerprint density at radius 2 is 1.63 bits per heavy atom. The van der Waals surface area contributed by atoms with Crippen molar-refractivity contribution in [3.8, 4) is 17.1 Å². The molecule has 9 heteroatoms. The van der Waals surface area contributed by atoms with Gasteiger partial charge in [0, 0.05) is 30.1 Å². The topological polar surface area (TPSA) is 88.6 Å². The summed E-state index contributed by atoms with van der Waals surface area (Å²) in [6.07, 6.45) is 12.1. The van der Waals surface area contributed by atoms with E-state index in [0.29, 0.717) is 27.2 Å². The minimum absolute atomic E-state index is 0.0681. The van der Waals surface area contributed by atoms with Crippen LogP contribution in [0, 0.1) is 0 Å². The maximum Gasteiger partial charge on any atom is 0.303 e. The number of thiocarbonyl (C=S) groups is 1. The third-order valence-electron chi connectivity index (χ3n) is 7.10. The van der Waals surface area contributed by atoms with Crippen LogP contribution in [0.15, 0.2) is 76.2 Å². The molecule has 0 atom stereocenters. The van der Waals surface area contributed by atoms with Gasteiger partial charge in [0.25, 0.3) is 5.91 Å². The van der Waals surface area contributed by atoms with E-state index in [1.54, 1.807) is 9.58 Å². The van der Waals surface area contributed by atoms with E-state index < -0.39 is 5.97 Å². The number of hydrogen-bond acceptors (Lipinski definition) is 6. The highest BCUT2D eigenvalue weighted by molar-refractivity contribution is 8.26. The third-order valence-corrected chi connectivity index (χ3v) is 8.48. The predicted molar refractivity (Wildman–Crippen MR) is 168 cm³/mol. The molecule has 1 aliphatic heterocycles. The monoisotopic (exact) mass is 587 g/mol. The van der Waals surface area contributed by atoms with Gasteiger partial charge in [-0.15, -0.1) is 0 Å². The molecule has 3 heterocycles. The van der Waals surface area contributed by atoms with Crippen LogP contribution in [-0.2, 0) is 9.59 Å². The first-order valence-electron chi connectivity index (χ1n) is 14.1. The summed E-state index contributed by atoms with van der Waals surface area (Å²) in [6.45, 7) is 0.611. The van der Waals surface area contributed by atoms with Crippen LogP contribution in [-0.4, -0.2) is 42.5 Å².